The lowest BCUT2D eigenvalue weighted by Gasteiger charge is -2.08. The van der Waals surface area contributed by atoms with E-state index in [-0.39, 0.29) is 0 Å². The van der Waals surface area contributed by atoms with E-state index in [9.17, 15) is 22.4 Å². The predicted molar refractivity (Wildman–Crippen MR) is 37.8 cm³/mol. The number of aromatic nitrogens is 1. The molecule has 1 rings (SSSR count). The van der Waals surface area contributed by atoms with Gasteiger partial charge in [0, 0.05) is 6.20 Å². The van der Waals surface area contributed by atoms with Crippen LogP contribution in [-0.4, -0.2) is 22.4 Å². The molecule has 0 aromatic carbocycles. The first kappa shape index (κ1) is 11.2. The summed E-state index contributed by atoms with van der Waals surface area (Å²) in [6.07, 6.45) is -4.42. The average molecular weight is 225 g/mol. The molecule has 0 fully saturated rings. The molecule has 15 heavy (non-hydrogen) atoms. The first-order valence-corrected chi connectivity index (χ1v) is 3.45. The van der Waals surface area contributed by atoms with Gasteiger partial charge in [-0.2, -0.15) is 0 Å². The zero-order chi connectivity index (χ0) is 11.6. The second-order valence-corrected chi connectivity index (χ2v) is 2.33. The summed E-state index contributed by atoms with van der Waals surface area (Å²) in [4.78, 5) is 13.3. The number of hydrogen-bond acceptors (Lipinski definition) is 3. The molecule has 1 heterocycles. The van der Waals surface area contributed by atoms with Crippen LogP contribution in [0.4, 0.5) is 17.6 Å². The molecule has 0 atom stereocenters. The van der Waals surface area contributed by atoms with Crippen molar-refractivity contribution in [2.24, 2.45) is 0 Å². The summed E-state index contributed by atoms with van der Waals surface area (Å²) in [6, 6.07) is 0.723. The van der Waals surface area contributed by atoms with Crippen LogP contribution < -0.4 is 4.74 Å². The fourth-order valence-electron chi connectivity index (χ4n) is 0.770. The van der Waals surface area contributed by atoms with Gasteiger partial charge in [0.15, 0.2) is 5.82 Å². The number of carboxylic acids is 1. The Labute approximate surface area is 80.1 Å². The Morgan fingerprint density at radius 2 is 2.07 bits per heavy atom. The number of hydrogen-bond donors (Lipinski definition) is 1. The molecule has 0 aliphatic carbocycles. The zero-order valence-electron chi connectivity index (χ0n) is 6.88. The van der Waals surface area contributed by atoms with Gasteiger partial charge in [0.1, 0.15) is 5.56 Å². The number of nitrogens with zero attached hydrogens (tertiary/aromatic N) is 1. The van der Waals surface area contributed by atoms with Crippen LogP contribution in [-0.2, 0) is 0 Å². The summed E-state index contributed by atoms with van der Waals surface area (Å²) >= 11 is 0. The minimum Gasteiger partial charge on any atom is -0.478 e. The number of alkyl halides is 3. The third-order valence-corrected chi connectivity index (χ3v) is 1.30. The Morgan fingerprint density at radius 3 is 2.53 bits per heavy atom. The van der Waals surface area contributed by atoms with Gasteiger partial charge in [-0.25, -0.2) is 14.2 Å². The van der Waals surface area contributed by atoms with E-state index in [0.29, 0.717) is 6.20 Å². The van der Waals surface area contributed by atoms with Gasteiger partial charge < -0.3 is 9.84 Å². The van der Waals surface area contributed by atoms with Crippen molar-refractivity contribution in [1.29, 1.82) is 0 Å². The number of carbonyl (C=O) groups is 1. The topological polar surface area (TPSA) is 59.4 Å². The standard InChI is InChI=1S/C7H3F4NO3/c8-4-3(6(13)14)1-2-12-5(4)15-7(9,10)11/h1-2H,(H,13,14). The first-order chi connectivity index (χ1) is 6.81. The molecule has 0 amide bonds. The van der Waals surface area contributed by atoms with E-state index in [1.54, 1.807) is 0 Å². The van der Waals surface area contributed by atoms with Crippen LogP contribution in [0, 0.1) is 5.82 Å². The fraction of sp³-hybridized carbons (Fsp3) is 0.143. The molecular formula is C7H3F4NO3. The monoisotopic (exact) mass is 225 g/mol. The molecule has 1 aromatic rings. The third kappa shape index (κ3) is 2.79. The van der Waals surface area contributed by atoms with Crippen molar-refractivity contribution >= 4 is 5.97 Å². The van der Waals surface area contributed by atoms with Crippen molar-refractivity contribution in [2.45, 2.75) is 6.36 Å². The molecule has 0 aliphatic rings. The fourth-order valence-corrected chi connectivity index (χ4v) is 0.770. The van der Waals surface area contributed by atoms with Gasteiger partial charge in [-0.05, 0) is 6.07 Å². The van der Waals surface area contributed by atoms with E-state index in [1.807, 2.05) is 0 Å². The van der Waals surface area contributed by atoms with Gasteiger partial charge in [-0.3, -0.25) is 0 Å². The van der Waals surface area contributed by atoms with E-state index >= 15 is 0 Å². The number of aromatic carboxylic acids is 1. The molecule has 1 N–H and O–H groups in total. The quantitative estimate of drug-likeness (QED) is 0.780. The Bertz CT molecular complexity index is 390. The van der Waals surface area contributed by atoms with Crippen LogP contribution in [0.2, 0.25) is 0 Å². The van der Waals surface area contributed by atoms with E-state index in [1.165, 1.54) is 0 Å². The van der Waals surface area contributed by atoms with Crippen LogP contribution >= 0.6 is 0 Å². The second kappa shape index (κ2) is 3.71. The van der Waals surface area contributed by atoms with E-state index in [4.69, 9.17) is 5.11 Å². The Morgan fingerprint density at radius 1 is 1.47 bits per heavy atom. The van der Waals surface area contributed by atoms with Crippen molar-refractivity contribution in [3.8, 4) is 5.88 Å². The van der Waals surface area contributed by atoms with Gasteiger partial charge in [0.25, 0.3) is 5.88 Å². The number of pyridine rings is 1. The zero-order valence-corrected chi connectivity index (χ0v) is 6.88. The van der Waals surface area contributed by atoms with Crippen LogP contribution in [0.15, 0.2) is 12.3 Å². The molecule has 1 aromatic heterocycles. The van der Waals surface area contributed by atoms with Crippen molar-refractivity contribution in [1.82, 2.24) is 4.98 Å². The van der Waals surface area contributed by atoms with Crippen molar-refractivity contribution in [3.63, 3.8) is 0 Å². The lowest BCUT2D eigenvalue weighted by Crippen LogP contribution is -2.19. The van der Waals surface area contributed by atoms with E-state index in [0.717, 1.165) is 6.07 Å². The summed E-state index contributed by atoms with van der Waals surface area (Å²) < 4.78 is 51.2. The van der Waals surface area contributed by atoms with Crippen LogP contribution in [0.1, 0.15) is 10.4 Å². The molecule has 0 aliphatic heterocycles. The molecule has 0 unspecified atom stereocenters. The van der Waals surface area contributed by atoms with Gasteiger partial charge in [-0.15, -0.1) is 13.2 Å². The highest BCUT2D eigenvalue weighted by atomic mass is 19.4. The predicted octanol–water partition coefficient (Wildman–Crippen LogP) is 1.82. The molecular weight excluding hydrogens is 222 g/mol. The molecule has 0 radical (unpaired) electrons. The van der Waals surface area contributed by atoms with Crippen LogP contribution in [0.5, 0.6) is 5.88 Å². The lowest BCUT2D eigenvalue weighted by molar-refractivity contribution is -0.277. The lowest BCUT2D eigenvalue weighted by atomic mass is 10.2. The number of rotatable bonds is 2. The Kier molecular flexibility index (Phi) is 2.78. The first-order valence-electron chi connectivity index (χ1n) is 3.45. The molecule has 0 saturated carbocycles. The maximum atomic E-state index is 13.0. The number of carboxylic acid groups (broad SMARTS) is 1. The second-order valence-electron chi connectivity index (χ2n) is 2.33. The van der Waals surface area contributed by atoms with Crippen molar-refractivity contribution in [2.75, 3.05) is 0 Å². The number of ether oxygens (including phenoxy) is 1. The largest absolute Gasteiger partial charge is 0.574 e. The summed E-state index contributed by atoms with van der Waals surface area (Å²) in [5, 5.41) is 8.38. The highest BCUT2D eigenvalue weighted by Crippen LogP contribution is 2.24. The van der Waals surface area contributed by atoms with Crippen LogP contribution in [0.25, 0.3) is 0 Å². The maximum Gasteiger partial charge on any atom is 0.574 e. The van der Waals surface area contributed by atoms with Gasteiger partial charge in [0.05, 0.1) is 0 Å². The number of halogens is 4. The SMILES string of the molecule is O=C(O)c1ccnc(OC(F)(F)F)c1F. The summed E-state index contributed by atoms with van der Waals surface area (Å²) in [5.74, 6) is -4.79. The Balaban J connectivity index is 3.10. The molecule has 4 nitrogen and oxygen atoms in total. The molecule has 82 valence electrons. The Hall–Kier alpha value is -1.86. The molecule has 0 spiro atoms. The van der Waals surface area contributed by atoms with Gasteiger partial charge in [0.2, 0.25) is 0 Å². The van der Waals surface area contributed by atoms with E-state index in [2.05, 4.69) is 9.72 Å². The van der Waals surface area contributed by atoms with Crippen LogP contribution in [0.3, 0.4) is 0 Å². The maximum absolute atomic E-state index is 13.0. The van der Waals surface area contributed by atoms with Gasteiger partial charge >= 0.3 is 12.3 Å². The summed E-state index contributed by atoms with van der Waals surface area (Å²) in [6.45, 7) is 0. The summed E-state index contributed by atoms with van der Waals surface area (Å²) in [5.41, 5.74) is -0.941. The highest BCUT2D eigenvalue weighted by Gasteiger charge is 2.34. The molecule has 8 heteroatoms. The molecule has 0 saturated heterocycles. The van der Waals surface area contributed by atoms with Crippen molar-refractivity contribution < 1.29 is 32.2 Å². The molecule has 0 bridgehead atoms. The minimum absolute atomic E-state index is 0.702. The smallest absolute Gasteiger partial charge is 0.478 e. The van der Waals surface area contributed by atoms with Crippen molar-refractivity contribution in [3.05, 3.63) is 23.6 Å². The normalized spacial score (nSPS) is 11.2. The third-order valence-electron chi connectivity index (χ3n) is 1.30. The average Bonchev–Trinajstić information content (AvgIpc) is 2.05. The minimum atomic E-state index is -5.12. The summed E-state index contributed by atoms with van der Waals surface area (Å²) in [7, 11) is 0. The van der Waals surface area contributed by atoms with Gasteiger partial charge in [-0.1, -0.05) is 0 Å². The van der Waals surface area contributed by atoms with E-state index < -0.39 is 29.6 Å². The highest BCUT2D eigenvalue weighted by molar-refractivity contribution is 5.88.